The number of halogens is 1. The molecule has 100 valence electrons. The van der Waals surface area contributed by atoms with Crippen molar-refractivity contribution in [3.8, 4) is 0 Å². The summed E-state index contributed by atoms with van der Waals surface area (Å²) in [5.41, 5.74) is 1.60. The number of nitrogens with one attached hydrogen (secondary N) is 1. The minimum atomic E-state index is 0.251. The van der Waals surface area contributed by atoms with Crippen LogP contribution in [0.5, 0.6) is 0 Å². The molecule has 2 heteroatoms. The van der Waals surface area contributed by atoms with Crippen LogP contribution in [0, 0.1) is 5.92 Å². The second kappa shape index (κ2) is 6.08. The van der Waals surface area contributed by atoms with Crippen LogP contribution >= 0.6 is 11.6 Å². The Labute approximate surface area is 116 Å². The summed E-state index contributed by atoms with van der Waals surface area (Å²) in [6.07, 6.45) is 6.37. The van der Waals surface area contributed by atoms with Crippen LogP contribution < -0.4 is 5.32 Å². The van der Waals surface area contributed by atoms with Crippen LogP contribution in [0.4, 0.5) is 0 Å². The smallest absolute Gasteiger partial charge is 0.0408 e. The Kier molecular flexibility index (Phi) is 4.69. The van der Waals surface area contributed by atoms with Gasteiger partial charge in [-0.25, -0.2) is 0 Å². The van der Waals surface area contributed by atoms with Gasteiger partial charge in [-0.1, -0.05) is 50.4 Å². The summed E-state index contributed by atoms with van der Waals surface area (Å²) in [7, 11) is 0. The first-order valence-corrected chi connectivity index (χ1v) is 7.50. The molecule has 1 heterocycles. The van der Waals surface area contributed by atoms with Crippen molar-refractivity contribution in [1.82, 2.24) is 5.32 Å². The molecule has 1 aromatic rings. The Balaban J connectivity index is 2.19. The summed E-state index contributed by atoms with van der Waals surface area (Å²) in [5.74, 6) is 0.648. The van der Waals surface area contributed by atoms with Crippen LogP contribution in [0.15, 0.2) is 24.3 Å². The largest absolute Gasteiger partial charge is 0.311 e. The van der Waals surface area contributed by atoms with Gasteiger partial charge in [-0.3, -0.25) is 0 Å². The van der Waals surface area contributed by atoms with Crippen LogP contribution in [-0.4, -0.2) is 12.1 Å². The fourth-order valence-corrected chi connectivity index (χ4v) is 3.24. The van der Waals surface area contributed by atoms with Crippen molar-refractivity contribution >= 4 is 11.6 Å². The molecule has 18 heavy (non-hydrogen) atoms. The lowest BCUT2D eigenvalue weighted by Gasteiger charge is -2.38. The molecule has 0 aromatic heterocycles. The van der Waals surface area contributed by atoms with Crippen LogP contribution in [0.3, 0.4) is 0 Å². The lowest BCUT2D eigenvalue weighted by atomic mass is 9.77. The summed E-state index contributed by atoms with van der Waals surface area (Å²) in [6.45, 7) is 5.82. The molecule has 1 aliphatic rings. The molecule has 0 saturated carbocycles. The maximum atomic E-state index is 6.10. The molecular formula is C16H24ClN. The molecule has 0 radical (unpaired) electrons. The van der Waals surface area contributed by atoms with Gasteiger partial charge in [0.15, 0.2) is 0 Å². The molecule has 1 aliphatic heterocycles. The zero-order chi connectivity index (χ0) is 13.0. The van der Waals surface area contributed by atoms with Crippen molar-refractivity contribution in [2.45, 2.75) is 51.5 Å². The third-order valence-electron chi connectivity index (χ3n) is 4.29. The molecule has 1 N–H and O–H groups in total. The van der Waals surface area contributed by atoms with Crippen molar-refractivity contribution in [3.05, 3.63) is 34.9 Å². The number of hydrogen-bond donors (Lipinski definition) is 1. The molecule has 0 aliphatic carbocycles. The first-order valence-electron chi connectivity index (χ1n) is 7.12. The van der Waals surface area contributed by atoms with Gasteiger partial charge in [0.25, 0.3) is 0 Å². The Morgan fingerprint density at radius 2 is 2.11 bits per heavy atom. The van der Waals surface area contributed by atoms with Gasteiger partial charge >= 0.3 is 0 Å². The predicted molar refractivity (Wildman–Crippen MR) is 79.2 cm³/mol. The molecule has 1 aromatic carbocycles. The van der Waals surface area contributed by atoms with E-state index in [4.69, 9.17) is 11.6 Å². The number of benzene rings is 1. The van der Waals surface area contributed by atoms with Gasteiger partial charge in [0.05, 0.1) is 0 Å². The van der Waals surface area contributed by atoms with Crippen molar-refractivity contribution < 1.29 is 0 Å². The highest BCUT2D eigenvalue weighted by Gasteiger charge is 2.33. The zero-order valence-electron chi connectivity index (χ0n) is 11.5. The Morgan fingerprint density at radius 1 is 1.28 bits per heavy atom. The maximum Gasteiger partial charge on any atom is 0.0408 e. The van der Waals surface area contributed by atoms with Gasteiger partial charge in [-0.2, -0.15) is 0 Å². The Bertz CT molecular complexity index is 378. The van der Waals surface area contributed by atoms with Crippen LogP contribution in [0.1, 0.15) is 45.1 Å². The third-order valence-corrected chi connectivity index (χ3v) is 4.53. The summed E-state index contributed by atoms with van der Waals surface area (Å²) in [5, 5.41) is 4.67. The molecule has 2 rings (SSSR count). The van der Waals surface area contributed by atoms with Gasteiger partial charge in [-0.05, 0) is 49.4 Å². The Morgan fingerprint density at radius 3 is 2.83 bits per heavy atom. The van der Waals surface area contributed by atoms with Crippen LogP contribution in [0.25, 0.3) is 0 Å². The molecule has 1 nitrogen and oxygen atoms in total. The van der Waals surface area contributed by atoms with E-state index in [1.165, 1.54) is 31.2 Å². The SMILES string of the molecule is CC(C)C1(Cc2cccc(Cl)c2)CCCCCN1. The zero-order valence-corrected chi connectivity index (χ0v) is 12.3. The van der Waals surface area contributed by atoms with Crippen molar-refractivity contribution in [3.63, 3.8) is 0 Å². The second-order valence-corrected chi connectivity index (χ2v) is 6.29. The Hall–Kier alpha value is -0.530. The second-order valence-electron chi connectivity index (χ2n) is 5.85. The highest BCUT2D eigenvalue weighted by molar-refractivity contribution is 6.30. The quantitative estimate of drug-likeness (QED) is 0.852. The minimum absolute atomic E-state index is 0.251. The van der Waals surface area contributed by atoms with Gasteiger partial charge in [-0.15, -0.1) is 0 Å². The predicted octanol–water partition coefficient (Wildman–Crippen LogP) is 4.44. The normalized spacial score (nSPS) is 25.1. The van der Waals surface area contributed by atoms with Crippen molar-refractivity contribution in [2.75, 3.05) is 6.54 Å². The third kappa shape index (κ3) is 3.27. The van der Waals surface area contributed by atoms with E-state index < -0.39 is 0 Å². The van der Waals surface area contributed by atoms with E-state index >= 15 is 0 Å². The van der Waals surface area contributed by atoms with Gasteiger partial charge < -0.3 is 5.32 Å². The van der Waals surface area contributed by atoms with Crippen molar-refractivity contribution in [1.29, 1.82) is 0 Å². The fourth-order valence-electron chi connectivity index (χ4n) is 3.03. The van der Waals surface area contributed by atoms with E-state index in [1.54, 1.807) is 0 Å². The molecule has 1 saturated heterocycles. The highest BCUT2D eigenvalue weighted by Crippen LogP contribution is 2.31. The van der Waals surface area contributed by atoms with E-state index in [1.807, 2.05) is 6.07 Å². The average Bonchev–Trinajstić information content (AvgIpc) is 2.55. The fraction of sp³-hybridized carbons (Fsp3) is 0.625. The molecule has 0 amide bonds. The molecule has 1 atom stereocenters. The lowest BCUT2D eigenvalue weighted by molar-refractivity contribution is 0.226. The standard InChI is InChI=1S/C16H24ClN/c1-13(2)16(9-4-3-5-10-18-16)12-14-7-6-8-15(17)11-14/h6-8,11,13,18H,3-5,9-10,12H2,1-2H3. The van der Waals surface area contributed by atoms with E-state index in [0.29, 0.717) is 5.92 Å². The van der Waals surface area contributed by atoms with E-state index in [9.17, 15) is 0 Å². The molecule has 0 bridgehead atoms. The maximum absolute atomic E-state index is 6.10. The highest BCUT2D eigenvalue weighted by atomic mass is 35.5. The number of rotatable bonds is 3. The van der Waals surface area contributed by atoms with Gasteiger partial charge in [0.2, 0.25) is 0 Å². The molecule has 1 fully saturated rings. The molecule has 0 spiro atoms. The summed E-state index contributed by atoms with van der Waals surface area (Å²) >= 11 is 6.10. The van der Waals surface area contributed by atoms with Crippen LogP contribution in [0.2, 0.25) is 5.02 Å². The molecular weight excluding hydrogens is 242 g/mol. The first kappa shape index (κ1) is 13.9. The topological polar surface area (TPSA) is 12.0 Å². The minimum Gasteiger partial charge on any atom is -0.311 e. The summed E-state index contributed by atoms with van der Waals surface area (Å²) in [4.78, 5) is 0. The van der Waals surface area contributed by atoms with E-state index in [2.05, 4.69) is 37.4 Å². The average molecular weight is 266 g/mol. The summed E-state index contributed by atoms with van der Waals surface area (Å²) in [6, 6.07) is 8.32. The number of hydrogen-bond acceptors (Lipinski definition) is 1. The lowest BCUT2D eigenvalue weighted by Crippen LogP contribution is -2.50. The van der Waals surface area contributed by atoms with Gasteiger partial charge in [0.1, 0.15) is 0 Å². The van der Waals surface area contributed by atoms with Crippen LogP contribution in [-0.2, 0) is 6.42 Å². The van der Waals surface area contributed by atoms with Gasteiger partial charge in [0, 0.05) is 10.6 Å². The first-order chi connectivity index (χ1) is 8.62. The van der Waals surface area contributed by atoms with E-state index in [0.717, 1.165) is 18.0 Å². The molecule has 1 unspecified atom stereocenters. The van der Waals surface area contributed by atoms with Crippen molar-refractivity contribution in [2.24, 2.45) is 5.92 Å². The monoisotopic (exact) mass is 265 g/mol. The summed E-state index contributed by atoms with van der Waals surface area (Å²) < 4.78 is 0. The van der Waals surface area contributed by atoms with E-state index in [-0.39, 0.29) is 5.54 Å².